The fourth-order valence-electron chi connectivity index (χ4n) is 3.09. The van der Waals surface area contributed by atoms with Crippen LogP contribution >= 0.6 is 0 Å². The average Bonchev–Trinajstić information content (AvgIpc) is 3.26. The summed E-state index contributed by atoms with van der Waals surface area (Å²) in [5.74, 6) is 0. The van der Waals surface area contributed by atoms with E-state index in [1.807, 2.05) is 24.3 Å². The highest BCUT2D eigenvalue weighted by Crippen LogP contribution is 2.27. The van der Waals surface area contributed by atoms with Crippen LogP contribution in [-0.2, 0) is 11.3 Å². The second-order valence-electron chi connectivity index (χ2n) is 6.49. The van der Waals surface area contributed by atoms with Gasteiger partial charge in [0.25, 0.3) is 0 Å². The van der Waals surface area contributed by atoms with Gasteiger partial charge in [-0.15, -0.1) is 0 Å². The minimum atomic E-state index is -0.128. The van der Waals surface area contributed by atoms with Crippen molar-refractivity contribution in [3.8, 4) is 0 Å². The summed E-state index contributed by atoms with van der Waals surface area (Å²) >= 11 is 0. The highest BCUT2D eigenvalue weighted by molar-refractivity contribution is 5.89. The zero-order valence-corrected chi connectivity index (χ0v) is 13.5. The van der Waals surface area contributed by atoms with Crippen LogP contribution < -0.4 is 5.32 Å². The molecule has 2 saturated carbocycles. The summed E-state index contributed by atoms with van der Waals surface area (Å²) in [6, 6.07) is 7.98. The molecule has 2 aliphatic rings. The molecule has 0 saturated heterocycles. The van der Waals surface area contributed by atoms with E-state index in [2.05, 4.69) is 5.32 Å². The molecule has 0 aliphatic heterocycles. The maximum atomic E-state index is 12.2. The number of hydrogen-bond donors (Lipinski definition) is 2. The number of nitrogens with one attached hydrogen (secondary N) is 1. The van der Waals surface area contributed by atoms with E-state index in [9.17, 15) is 4.79 Å². The molecule has 0 radical (unpaired) electrons. The van der Waals surface area contributed by atoms with E-state index in [-0.39, 0.29) is 12.6 Å². The lowest BCUT2D eigenvalue weighted by atomic mass is 10.2. The van der Waals surface area contributed by atoms with Crippen LogP contribution in [0.3, 0.4) is 0 Å². The lowest BCUT2D eigenvalue weighted by Crippen LogP contribution is -2.38. The minimum Gasteiger partial charge on any atom is -0.395 e. The molecule has 1 aromatic rings. The number of nitrogens with zero attached hydrogens (tertiary/aromatic N) is 1. The Morgan fingerprint density at radius 1 is 1.17 bits per heavy atom. The van der Waals surface area contributed by atoms with Crippen molar-refractivity contribution in [2.45, 2.75) is 57.3 Å². The molecular weight excluding hydrogens is 292 g/mol. The molecule has 23 heavy (non-hydrogen) atoms. The van der Waals surface area contributed by atoms with E-state index in [0.717, 1.165) is 24.1 Å². The summed E-state index contributed by atoms with van der Waals surface area (Å²) < 4.78 is 5.90. The van der Waals surface area contributed by atoms with Gasteiger partial charge in [0.15, 0.2) is 0 Å². The zero-order valence-electron chi connectivity index (χ0n) is 13.5. The van der Waals surface area contributed by atoms with Gasteiger partial charge in [-0.1, -0.05) is 25.0 Å². The summed E-state index contributed by atoms with van der Waals surface area (Å²) in [7, 11) is 0. The Balaban J connectivity index is 1.49. The monoisotopic (exact) mass is 318 g/mol. The lowest BCUT2D eigenvalue weighted by Gasteiger charge is -2.21. The molecule has 0 bridgehead atoms. The molecule has 2 amide bonds. The van der Waals surface area contributed by atoms with E-state index in [1.165, 1.54) is 25.7 Å². The summed E-state index contributed by atoms with van der Waals surface area (Å²) in [4.78, 5) is 14.0. The highest BCUT2D eigenvalue weighted by Gasteiger charge is 2.32. The first-order chi connectivity index (χ1) is 11.3. The van der Waals surface area contributed by atoms with Gasteiger partial charge in [-0.05, 0) is 43.4 Å². The van der Waals surface area contributed by atoms with Crippen molar-refractivity contribution in [1.82, 2.24) is 4.90 Å². The number of aliphatic hydroxyl groups excluding tert-OH is 1. The maximum Gasteiger partial charge on any atom is 0.322 e. The van der Waals surface area contributed by atoms with E-state index < -0.39 is 0 Å². The number of carbonyl (C=O) groups excluding carboxylic acids is 1. The van der Waals surface area contributed by atoms with Crippen molar-refractivity contribution >= 4 is 11.7 Å². The molecule has 0 heterocycles. The Kier molecular flexibility index (Phi) is 5.51. The third-order valence-electron chi connectivity index (χ3n) is 4.58. The van der Waals surface area contributed by atoms with Crippen LogP contribution in [0, 0.1) is 0 Å². The third kappa shape index (κ3) is 4.69. The van der Waals surface area contributed by atoms with Crippen LogP contribution in [0.4, 0.5) is 10.5 Å². The Bertz CT molecular complexity index is 508. The van der Waals surface area contributed by atoms with E-state index in [0.29, 0.717) is 25.3 Å². The van der Waals surface area contributed by atoms with Gasteiger partial charge in [0, 0.05) is 18.3 Å². The first-order valence-electron chi connectivity index (χ1n) is 8.65. The van der Waals surface area contributed by atoms with Crippen molar-refractivity contribution in [3.05, 3.63) is 29.8 Å². The predicted molar refractivity (Wildman–Crippen MR) is 89.3 cm³/mol. The van der Waals surface area contributed by atoms with Gasteiger partial charge in [-0.3, -0.25) is 0 Å². The molecule has 0 aromatic heterocycles. The normalized spacial score (nSPS) is 18.1. The van der Waals surface area contributed by atoms with Crippen molar-refractivity contribution < 1.29 is 14.6 Å². The molecule has 5 nitrogen and oxygen atoms in total. The number of aliphatic hydroxyl groups is 1. The molecular formula is C18H26N2O3. The fraction of sp³-hybridized carbons (Fsp3) is 0.611. The standard InChI is InChI=1S/C18H26N2O3/c21-12-11-20(16-9-10-16)18(22)19-15-7-5-14(6-8-15)13-23-17-3-1-2-4-17/h5-8,16-17,21H,1-4,9-13H2,(H,19,22). The third-order valence-corrected chi connectivity index (χ3v) is 4.58. The fourth-order valence-corrected chi connectivity index (χ4v) is 3.09. The van der Waals surface area contributed by atoms with Gasteiger partial charge >= 0.3 is 6.03 Å². The number of ether oxygens (including phenoxy) is 1. The molecule has 3 rings (SSSR count). The predicted octanol–water partition coefficient (Wildman–Crippen LogP) is 3.13. The molecule has 0 atom stereocenters. The van der Waals surface area contributed by atoms with Crippen LogP contribution in [0.15, 0.2) is 24.3 Å². The number of anilines is 1. The second-order valence-corrected chi connectivity index (χ2v) is 6.49. The number of benzene rings is 1. The maximum absolute atomic E-state index is 12.2. The van der Waals surface area contributed by atoms with Gasteiger partial charge in [0.05, 0.1) is 19.3 Å². The molecule has 126 valence electrons. The number of amides is 2. The molecule has 2 fully saturated rings. The topological polar surface area (TPSA) is 61.8 Å². The highest BCUT2D eigenvalue weighted by atomic mass is 16.5. The van der Waals surface area contributed by atoms with Gasteiger partial charge in [0.2, 0.25) is 0 Å². The number of hydrogen-bond acceptors (Lipinski definition) is 3. The van der Waals surface area contributed by atoms with Crippen LogP contribution in [0.25, 0.3) is 0 Å². The van der Waals surface area contributed by atoms with E-state index in [4.69, 9.17) is 9.84 Å². The average molecular weight is 318 g/mol. The number of rotatable bonds is 7. The molecule has 2 aliphatic carbocycles. The first kappa shape index (κ1) is 16.3. The van der Waals surface area contributed by atoms with Crippen molar-refractivity contribution in [2.24, 2.45) is 0 Å². The number of carbonyl (C=O) groups is 1. The van der Waals surface area contributed by atoms with Gasteiger partial charge < -0.3 is 20.1 Å². The Hall–Kier alpha value is -1.59. The SMILES string of the molecule is O=C(Nc1ccc(COC2CCCC2)cc1)N(CCO)C1CC1. The minimum absolute atomic E-state index is 0.00135. The number of urea groups is 1. The zero-order chi connectivity index (χ0) is 16.1. The van der Waals surface area contributed by atoms with Crippen LogP contribution in [0.5, 0.6) is 0 Å². The summed E-state index contributed by atoms with van der Waals surface area (Å²) in [5, 5.41) is 12.0. The van der Waals surface area contributed by atoms with Crippen LogP contribution in [0.2, 0.25) is 0 Å². The summed E-state index contributed by atoms with van der Waals surface area (Å²) in [5.41, 5.74) is 1.91. The van der Waals surface area contributed by atoms with Gasteiger partial charge in [-0.2, -0.15) is 0 Å². The van der Waals surface area contributed by atoms with Gasteiger partial charge in [0.1, 0.15) is 0 Å². The second kappa shape index (κ2) is 7.79. The molecule has 0 spiro atoms. The van der Waals surface area contributed by atoms with E-state index >= 15 is 0 Å². The van der Waals surface area contributed by atoms with Crippen molar-refractivity contribution in [2.75, 3.05) is 18.5 Å². The van der Waals surface area contributed by atoms with Crippen molar-refractivity contribution in [1.29, 1.82) is 0 Å². The van der Waals surface area contributed by atoms with E-state index in [1.54, 1.807) is 4.90 Å². The molecule has 0 unspecified atom stereocenters. The molecule has 1 aromatic carbocycles. The molecule has 5 heteroatoms. The summed E-state index contributed by atoms with van der Waals surface area (Å²) in [6.45, 7) is 1.03. The summed E-state index contributed by atoms with van der Waals surface area (Å²) in [6.07, 6.45) is 7.39. The van der Waals surface area contributed by atoms with Gasteiger partial charge in [-0.25, -0.2) is 4.79 Å². The van der Waals surface area contributed by atoms with Crippen LogP contribution in [-0.4, -0.2) is 41.3 Å². The molecule has 2 N–H and O–H groups in total. The smallest absolute Gasteiger partial charge is 0.322 e. The largest absolute Gasteiger partial charge is 0.395 e. The Labute approximate surface area is 137 Å². The Morgan fingerprint density at radius 2 is 1.87 bits per heavy atom. The Morgan fingerprint density at radius 3 is 2.48 bits per heavy atom. The quantitative estimate of drug-likeness (QED) is 0.812. The lowest BCUT2D eigenvalue weighted by molar-refractivity contribution is 0.0457. The van der Waals surface area contributed by atoms with Crippen molar-refractivity contribution in [3.63, 3.8) is 0 Å². The van der Waals surface area contributed by atoms with Crippen LogP contribution in [0.1, 0.15) is 44.1 Å². The first-order valence-corrected chi connectivity index (χ1v) is 8.65.